The Kier molecular flexibility index (Phi) is 9.75. The average Bonchev–Trinajstić information content (AvgIpc) is 3.35. The van der Waals surface area contributed by atoms with E-state index >= 15 is 0 Å². The number of aliphatic hydroxyl groups is 1. The highest BCUT2D eigenvalue weighted by Gasteiger charge is 2.53. The molecule has 0 bridgehead atoms. The Labute approximate surface area is 253 Å². The lowest BCUT2D eigenvalue weighted by Gasteiger charge is -2.35. The molecule has 2 fully saturated rings. The molecule has 13 heteroatoms. The number of aliphatic hydroxyl groups excluding tert-OH is 1. The number of thiazole rings is 1. The van der Waals surface area contributed by atoms with Crippen LogP contribution < -0.4 is 15.4 Å². The van der Waals surface area contributed by atoms with Crippen molar-refractivity contribution in [1.29, 1.82) is 0 Å². The Morgan fingerprint density at radius 1 is 1.26 bits per heavy atom. The third kappa shape index (κ3) is 7.88. The fraction of sp³-hybridized carbons (Fsp3) is 0.567. The fourth-order valence-electron chi connectivity index (χ4n) is 4.98. The van der Waals surface area contributed by atoms with Gasteiger partial charge in [0, 0.05) is 31.5 Å². The number of nitrogens with zero attached hydrogens (tertiary/aromatic N) is 2. The van der Waals surface area contributed by atoms with Crippen molar-refractivity contribution in [3.05, 3.63) is 35.0 Å². The third-order valence-corrected chi connectivity index (χ3v) is 8.65. The van der Waals surface area contributed by atoms with Gasteiger partial charge in [0.15, 0.2) is 5.67 Å². The summed E-state index contributed by atoms with van der Waals surface area (Å²) in [6.07, 6.45) is -0.465. The minimum absolute atomic E-state index is 0.0115. The number of aromatic nitrogens is 1. The van der Waals surface area contributed by atoms with E-state index in [1.54, 1.807) is 26.3 Å². The number of likely N-dealkylation sites (tertiary alicyclic amines) is 1. The number of ether oxygens (including phenoxy) is 1. The molecule has 3 atom stereocenters. The standard InChI is InChI=1S/C30H39FN4O7S/c1-17-24(43-16-33-17)18-7-8-19(22(12-18)42-11-5-6-23(37)38)14-32-26(39)21-13-20(36)15-35(21)27(40)25(29(2,3)4)34-28(41)30(31)9-10-30/h7-8,12,16,20-21,25,36H,5-6,9-11,13-15H2,1-4H3,(H,32,39)(H,34,41)(H,37,38)/t20-,21+,25-/m1/s1. The van der Waals surface area contributed by atoms with Gasteiger partial charge >= 0.3 is 5.97 Å². The number of carboxylic acid groups (broad SMARTS) is 1. The van der Waals surface area contributed by atoms with Crippen LogP contribution in [0.4, 0.5) is 4.39 Å². The molecule has 11 nitrogen and oxygen atoms in total. The van der Waals surface area contributed by atoms with E-state index in [0.29, 0.717) is 17.7 Å². The van der Waals surface area contributed by atoms with E-state index < -0.39 is 53.0 Å². The SMILES string of the molecule is Cc1ncsc1-c1ccc(CNC(=O)[C@@H]2C[C@@H](O)CN2C(=O)[C@@H](NC(=O)C2(F)CC2)C(C)(C)C)c(OCCCC(=O)O)c1. The summed E-state index contributed by atoms with van der Waals surface area (Å²) in [5.74, 6) is -2.34. The van der Waals surface area contributed by atoms with Crippen molar-refractivity contribution in [2.75, 3.05) is 13.2 Å². The number of hydrogen-bond donors (Lipinski definition) is 4. The van der Waals surface area contributed by atoms with Crippen LogP contribution in [0.15, 0.2) is 23.7 Å². The lowest BCUT2D eigenvalue weighted by Crippen LogP contribution is -2.59. The molecule has 0 radical (unpaired) electrons. The van der Waals surface area contributed by atoms with Crippen LogP contribution in [0.2, 0.25) is 0 Å². The Bertz CT molecular complexity index is 1370. The van der Waals surface area contributed by atoms with Crippen LogP contribution in [0, 0.1) is 12.3 Å². The first kappa shape index (κ1) is 32.3. The number of hydrogen-bond acceptors (Lipinski definition) is 8. The average molecular weight is 619 g/mol. The predicted octanol–water partition coefficient (Wildman–Crippen LogP) is 2.97. The molecule has 0 unspecified atom stereocenters. The van der Waals surface area contributed by atoms with Crippen LogP contribution in [0.25, 0.3) is 10.4 Å². The zero-order valence-corrected chi connectivity index (χ0v) is 25.6. The first-order valence-electron chi connectivity index (χ1n) is 14.3. The molecule has 4 N–H and O–H groups in total. The van der Waals surface area contributed by atoms with Gasteiger partial charge in [-0.25, -0.2) is 9.37 Å². The summed E-state index contributed by atoms with van der Waals surface area (Å²) < 4.78 is 20.4. The van der Waals surface area contributed by atoms with Crippen molar-refractivity contribution in [1.82, 2.24) is 20.5 Å². The Morgan fingerprint density at radius 2 is 1.98 bits per heavy atom. The minimum Gasteiger partial charge on any atom is -0.493 e. The number of aliphatic carboxylic acids is 1. The predicted molar refractivity (Wildman–Crippen MR) is 157 cm³/mol. The molecule has 0 spiro atoms. The highest BCUT2D eigenvalue weighted by molar-refractivity contribution is 7.13. The van der Waals surface area contributed by atoms with E-state index in [9.17, 15) is 28.7 Å². The fourth-order valence-corrected chi connectivity index (χ4v) is 5.78. The normalized spacial score (nSPS) is 19.9. The molecule has 3 amide bonds. The first-order chi connectivity index (χ1) is 20.2. The summed E-state index contributed by atoms with van der Waals surface area (Å²) in [6, 6.07) is 3.43. The van der Waals surface area contributed by atoms with Crippen molar-refractivity contribution < 1.29 is 38.5 Å². The molecule has 1 saturated carbocycles. The molecule has 1 aliphatic heterocycles. The minimum atomic E-state index is -1.97. The molecule has 1 saturated heterocycles. The van der Waals surface area contributed by atoms with Crippen LogP contribution in [-0.2, 0) is 25.7 Å². The van der Waals surface area contributed by atoms with E-state index in [1.165, 1.54) is 16.2 Å². The van der Waals surface area contributed by atoms with Gasteiger partial charge < -0.3 is 30.5 Å². The van der Waals surface area contributed by atoms with E-state index in [4.69, 9.17) is 9.84 Å². The second-order valence-electron chi connectivity index (χ2n) is 12.3. The summed E-state index contributed by atoms with van der Waals surface area (Å²) in [6.45, 7) is 7.23. The third-order valence-electron chi connectivity index (χ3n) is 7.67. The smallest absolute Gasteiger partial charge is 0.303 e. The molecule has 2 aromatic rings. The van der Waals surface area contributed by atoms with E-state index in [2.05, 4.69) is 15.6 Å². The quantitative estimate of drug-likeness (QED) is 0.265. The van der Waals surface area contributed by atoms with Crippen molar-refractivity contribution >= 4 is 35.0 Å². The van der Waals surface area contributed by atoms with Gasteiger partial charge in [0.2, 0.25) is 11.8 Å². The van der Waals surface area contributed by atoms with Crippen LogP contribution in [0.3, 0.4) is 0 Å². The Hall–Kier alpha value is -3.58. The number of nitrogens with one attached hydrogen (secondary N) is 2. The molecule has 2 heterocycles. The maximum Gasteiger partial charge on any atom is 0.303 e. The number of carbonyl (C=O) groups is 4. The lowest BCUT2D eigenvalue weighted by molar-refractivity contribution is -0.145. The van der Waals surface area contributed by atoms with Crippen molar-refractivity contribution in [2.45, 2.75) is 90.2 Å². The largest absolute Gasteiger partial charge is 0.493 e. The summed E-state index contributed by atoms with van der Waals surface area (Å²) in [4.78, 5) is 57.0. The number of amides is 3. The van der Waals surface area contributed by atoms with Crippen LogP contribution in [0.1, 0.15) is 64.1 Å². The van der Waals surface area contributed by atoms with Gasteiger partial charge in [0.05, 0.1) is 28.8 Å². The number of rotatable bonds is 12. The summed E-state index contributed by atoms with van der Waals surface area (Å²) in [7, 11) is 0. The second-order valence-corrected chi connectivity index (χ2v) is 13.1. The monoisotopic (exact) mass is 618 g/mol. The zero-order valence-electron chi connectivity index (χ0n) is 24.8. The van der Waals surface area contributed by atoms with Gasteiger partial charge in [-0.05, 0) is 43.2 Å². The van der Waals surface area contributed by atoms with Crippen molar-refractivity contribution in [3.8, 4) is 16.2 Å². The summed E-state index contributed by atoms with van der Waals surface area (Å²) in [5.41, 5.74) is 1.37. The highest BCUT2D eigenvalue weighted by Crippen LogP contribution is 2.40. The Balaban J connectivity index is 1.48. The lowest BCUT2D eigenvalue weighted by atomic mass is 9.85. The van der Waals surface area contributed by atoms with Gasteiger partial charge in [-0.3, -0.25) is 19.2 Å². The summed E-state index contributed by atoms with van der Waals surface area (Å²) >= 11 is 1.48. The molecule has 43 heavy (non-hydrogen) atoms. The maximum atomic E-state index is 14.4. The molecular formula is C30H39FN4O7S. The molecular weight excluding hydrogens is 579 g/mol. The van der Waals surface area contributed by atoms with Gasteiger partial charge in [0.1, 0.15) is 17.8 Å². The molecule has 1 aromatic carbocycles. The topological polar surface area (TPSA) is 158 Å². The highest BCUT2D eigenvalue weighted by atomic mass is 32.1. The van der Waals surface area contributed by atoms with Crippen molar-refractivity contribution in [3.63, 3.8) is 0 Å². The number of alkyl halides is 1. The van der Waals surface area contributed by atoms with Gasteiger partial charge in [-0.1, -0.05) is 32.9 Å². The second kappa shape index (κ2) is 13.0. The van der Waals surface area contributed by atoms with E-state index in [-0.39, 0.29) is 45.4 Å². The summed E-state index contributed by atoms with van der Waals surface area (Å²) in [5, 5.41) is 24.8. The van der Waals surface area contributed by atoms with E-state index in [1.807, 2.05) is 25.1 Å². The number of carboxylic acids is 1. The number of aryl methyl sites for hydroxylation is 1. The Morgan fingerprint density at radius 3 is 2.58 bits per heavy atom. The van der Waals surface area contributed by atoms with E-state index in [0.717, 1.165) is 16.1 Å². The molecule has 1 aromatic heterocycles. The van der Waals surface area contributed by atoms with Crippen molar-refractivity contribution in [2.24, 2.45) is 5.41 Å². The number of benzene rings is 1. The molecule has 2 aliphatic rings. The van der Waals surface area contributed by atoms with Gasteiger partial charge in [-0.15, -0.1) is 11.3 Å². The van der Waals surface area contributed by atoms with Crippen LogP contribution in [-0.4, -0.2) is 80.8 Å². The van der Waals surface area contributed by atoms with Gasteiger partial charge in [0.25, 0.3) is 5.91 Å². The number of halogens is 1. The maximum absolute atomic E-state index is 14.4. The molecule has 4 rings (SSSR count). The molecule has 234 valence electrons. The van der Waals surface area contributed by atoms with Crippen LogP contribution >= 0.6 is 11.3 Å². The zero-order chi connectivity index (χ0) is 31.5. The first-order valence-corrected chi connectivity index (χ1v) is 15.2. The van der Waals surface area contributed by atoms with Crippen LogP contribution in [0.5, 0.6) is 5.75 Å². The number of carbonyl (C=O) groups excluding carboxylic acids is 3. The number of β-amino-alcohol motifs (C(OH)–C–C–N with tert-alkyl or cyclic N) is 1. The van der Waals surface area contributed by atoms with Gasteiger partial charge in [-0.2, -0.15) is 0 Å². The molecule has 1 aliphatic carbocycles.